The van der Waals surface area contributed by atoms with Crippen molar-refractivity contribution in [3.63, 3.8) is 0 Å². The lowest BCUT2D eigenvalue weighted by Crippen LogP contribution is -2.19. The molecule has 2 aromatic heterocycles. The second-order valence-electron chi connectivity index (χ2n) is 8.08. The molecule has 0 radical (unpaired) electrons. The standard InChI is InChI=1S/C27H20ClFN2O2/c28-21-7-5-19(6-8-21)20-14-24(29)25(30-16-20)9-3-18-4-10-27-23(13-18)26(32)15-22(33-27)17-31-11-1-2-12-31/h4-8,10,13-16H,1-2,11-12,17H2. The van der Waals surface area contributed by atoms with Gasteiger partial charge in [0.05, 0.1) is 11.9 Å². The Morgan fingerprint density at radius 3 is 2.55 bits per heavy atom. The summed E-state index contributed by atoms with van der Waals surface area (Å²) in [4.78, 5) is 19.1. The zero-order valence-corrected chi connectivity index (χ0v) is 18.5. The van der Waals surface area contributed by atoms with Crippen LogP contribution >= 0.6 is 11.6 Å². The number of pyridine rings is 1. The van der Waals surface area contributed by atoms with Gasteiger partial charge in [0.25, 0.3) is 0 Å². The maximum absolute atomic E-state index is 14.6. The Morgan fingerprint density at radius 2 is 1.79 bits per heavy atom. The van der Waals surface area contributed by atoms with E-state index in [2.05, 4.69) is 21.7 Å². The van der Waals surface area contributed by atoms with E-state index in [0.29, 0.717) is 39.4 Å². The topological polar surface area (TPSA) is 46.3 Å². The minimum absolute atomic E-state index is 0.0424. The SMILES string of the molecule is O=c1cc(CN2CCCC2)oc2ccc(C#Cc3ncc(-c4ccc(Cl)cc4)cc3F)cc12. The molecule has 6 heteroatoms. The van der Waals surface area contributed by atoms with Crippen LogP contribution in [0.2, 0.25) is 5.02 Å². The number of nitrogens with zero attached hydrogens (tertiary/aromatic N) is 2. The van der Waals surface area contributed by atoms with Gasteiger partial charge in [-0.15, -0.1) is 0 Å². The van der Waals surface area contributed by atoms with Crippen molar-refractivity contribution in [3.8, 4) is 23.0 Å². The summed E-state index contributed by atoms with van der Waals surface area (Å²) < 4.78 is 20.5. The Balaban J connectivity index is 1.39. The Hall–Kier alpha value is -3.46. The van der Waals surface area contributed by atoms with Crippen LogP contribution in [0.4, 0.5) is 4.39 Å². The molecular formula is C27H20ClFN2O2. The highest BCUT2D eigenvalue weighted by atomic mass is 35.5. The number of aromatic nitrogens is 1. The number of halogens is 2. The van der Waals surface area contributed by atoms with Gasteiger partial charge in [0, 0.05) is 28.4 Å². The van der Waals surface area contributed by atoms with Gasteiger partial charge in [0.2, 0.25) is 0 Å². The average molecular weight is 459 g/mol. The van der Waals surface area contributed by atoms with Crippen LogP contribution in [0, 0.1) is 17.7 Å². The molecule has 0 bridgehead atoms. The molecule has 0 N–H and O–H groups in total. The zero-order valence-electron chi connectivity index (χ0n) is 17.8. The van der Waals surface area contributed by atoms with Crippen LogP contribution in [0.1, 0.15) is 29.9 Å². The molecule has 0 atom stereocenters. The molecule has 2 aromatic carbocycles. The molecule has 4 aromatic rings. The summed E-state index contributed by atoms with van der Waals surface area (Å²) in [5, 5.41) is 1.07. The Kier molecular flexibility index (Phi) is 5.95. The normalized spacial score (nSPS) is 13.8. The van der Waals surface area contributed by atoms with Crippen LogP contribution in [0.25, 0.3) is 22.1 Å². The van der Waals surface area contributed by atoms with Gasteiger partial charge in [-0.2, -0.15) is 0 Å². The van der Waals surface area contributed by atoms with Crippen molar-refractivity contribution >= 4 is 22.6 Å². The molecule has 164 valence electrons. The monoisotopic (exact) mass is 458 g/mol. The summed E-state index contributed by atoms with van der Waals surface area (Å²) in [6, 6.07) is 15.2. The maximum atomic E-state index is 14.6. The molecule has 1 fully saturated rings. The van der Waals surface area contributed by atoms with Crippen LogP contribution in [-0.2, 0) is 6.54 Å². The first-order chi connectivity index (χ1) is 16.0. The summed E-state index contributed by atoms with van der Waals surface area (Å²) in [6.45, 7) is 2.70. The Labute approximate surface area is 195 Å². The maximum Gasteiger partial charge on any atom is 0.193 e. The van der Waals surface area contributed by atoms with Crippen LogP contribution < -0.4 is 5.43 Å². The van der Waals surface area contributed by atoms with E-state index in [1.807, 2.05) is 0 Å². The quantitative estimate of drug-likeness (QED) is 0.372. The van der Waals surface area contributed by atoms with E-state index in [4.69, 9.17) is 16.0 Å². The fraction of sp³-hybridized carbons (Fsp3) is 0.185. The molecule has 1 saturated heterocycles. The molecule has 0 amide bonds. The van der Waals surface area contributed by atoms with Crippen molar-refractivity contribution < 1.29 is 8.81 Å². The summed E-state index contributed by atoms with van der Waals surface area (Å²) in [5.74, 6) is 5.82. The largest absolute Gasteiger partial charge is 0.459 e. The minimum atomic E-state index is -0.512. The number of hydrogen-bond donors (Lipinski definition) is 0. The number of benzene rings is 2. The first-order valence-electron chi connectivity index (χ1n) is 10.8. The lowest BCUT2D eigenvalue weighted by molar-refractivity contribution is 0.299. The fourth-order valence-electron chi connectivity index (χ4n) is 3.98. The number of likely N-dealkylation sites (tertiary alicyclic amines) is 1. The highest BCUT2D eigenvalue weighted by Gasteiger charge is 2.14. The Bertz CT molecular complexity index is 1450. The first-order valence-corrected chi connectivity index (χ1v) is 11.2. The predicted octanol–water partition coefficient (Wildman–Crippen LogP) is 5.64. The van der Waals surface area contributed by atoms with Crippen molar-refractivity contribution in [1.29, 1.82) is 0 Å². The van der Waals surface area contributed by atoms with Gasteiger partial charge in [-0.05, 0) is 73.8 Å². The average Bonchev–Trinajstić information content (AvgIpc) is 3.32. The van der Waals surface area contributed by atoms with Crippen LogP contribution in [0.15, 0.2) is 70.0 Å². The van der Waals surface area contributed by atoms with Crippen LogP contribution in [-0.4, -0.2) is 23.0 Å². The van der Waals surface area contributed by atoms with Crippen molar-refractivity contribution in [3.05, 3.63) is 98.9 Å². The van der Waals surface area contributed by atoms with Gasteiger partial charge in [0.1, 0.15) is 17.0 Å². The molecule has 33 heavy (non-hydrogen) atoms. The van der Waals surface area contributed by atoms with Gasteiger partial charge in [-0.25, -0.2) is 9.37 Å². The molecule has 0 unspecified atom stereocenters. The molecule has 0 aliphatic carbocycles. The van der Waals surface area contributed by atoms with Crippen LogP contribution in [0.5, 0.6) is 0 Å². The molecule has 0 saturated carbocycles. The van der Waals surface area contributed by atoms with E-state index >= 15 is 0 Å². The number of hydrogen-bond acceptors (Lipinski definition) is 4. The second-order valence-corrected chi connectivity index (χ2v) is 8.52. The summed E-state index contributed by atoms with van der Waals surface area (Å²) in [5.41, 5.74) is 2.51. The highest BCUT2D eigenvalue weighted by Crippen LogP contribution is 2.22. The minimum Gasteiger partial charge on any atom is -0.459 e. The second kappa shape index (κ2) is 9.19. The van der Waals surface area contributed by atoms with Crippen molar-refractivity contribution in [2.75, 3.05) is 13.1 Å². The summed E-state index contributed by atoms with van der Waals surface area (Å²) in [7, 11) is 0. The van der Waals surface area contributed by atoms with Gasteiger partial charge in [-0.3, -0.25) is 9.69 Å². The summed E-state index contributed by atoms with van der Waals surface area (Å²) >= 11 is 5.91. The van der Waals surface area contributed by atoms with Gasteiger partial charge >= 0.3 is 0 Å². The molecular weight excluding hydrogens is 439 g/mol. The first kappa shape index (κ1) is 21.4. The highest BCUT2D eigenvalue weighted by molar-refractivity contribution is 6.30. The van der Waals surface area contributed by atoms with Crippen LogP contribution in [0.3, 0.4) is 0 Å². The van der Waals surface area contributed by atoms with E-state index < -0.39 is 5.82 Å². The molecule has 5 rings (SSSR count). The molecule has 1 aliphatic rings. The third-order valence-electron chi connectivity index (χ3n) is 5.70. The van der Waals surface area contributed by atoms with Crippen molar-refractivity contribution in [1.82, 2.24) is 9.88 Å². The molecule has 4 nitrogen and oxygen atoms in total. The van der Waals surface area contributed by atoms with E-state index in [1.165, 1.54) is 18.9 Å². The van der Waals surface area contributed by atoms with Gasteiger partial charge in [0.15, 0.2) is 11.2 Å². The van der Waals surface area contributed by atoms with Crippen molar-refractivity contribution in [2.45, 2.75) is 19.4 Å². The molecule has 1 aliphatic heterocycles. The summed E-state index contributed by atoms with van der Waals surface area (Å²) in [6.07, 6.45) is 3.94. The molecule has 0 spiro atoms. The Morgan fingerprint density at radius 1 is 1.00 bits per heavy atom. The van der Waals surface area contributed by atoms with E-state index in [-0.39, 0.29) is 11.1 Å². The predicted molar refractivity (Wildman–Crippen MR) is 128 cm³/mol. The molecule has 3 heterocycles. The smallest absolute Gasteiger partial charge is 0.193 e. The third-order valence-corrected chi connectivity index (χ3v) is 5.95. The van der Waals surface area contributed by atoms with E-state index in [0.717, 1.165) is 18.7 Å². The third kappa shape index (κ3) is 4.83. The van der Waals surface area contributed by atoms with E-state index in [1.54, 1.807) is 54.7 Å². The number of fused-ring (bicyclic) bond motifs is 1. The van der Waals surface area contributed by atoms with Gasteiger partial charge < -0.3 is 4.42 Å². The van der Waals surface area contributed by atoms with Gasteiger partial charge in [-0.1, -0.05) is 29.7 Å². The lowest BCUT2D eigenvalue weighted by Gasteiger charge is -2.13. The fourth-order valence-corrected chi connectivity index (χ4v) is 4.11. The zero-order chi connectivity index (χ0) is 22.8. The van der Waals surface area contributed by atoms with Crippen molar-refractivity contribution in [2.24, 2.45) is 0 Å². The lowest BCUT2D eigenvalue weighted by atomic mass is 10.1. The number of rotatable bonds is 3. The van der Waals surface area contributed by atoms with E-state index in [9.17, 15) is 9.18 Å².